The van der Waals surface area contributed by atoms with Crippen LogP contribution in [0.25, 0.3) is 0 Å². The Morgan fingerprint density at radius 3 is 2.67 bits per heavy atom. The Bertz CT molecular complexity index is 276. The molecule has 0 saturated carbocycles. The molecule has 1 nitrogen and oxygen atoms in total. The summed E-state index contributed by atoms with van der Waals surface area (Å²) in [7, 11) is 0. The summed E-state index contributed by atoms with van der Waals surface area (Å²) in [5.74, 6) is -1.86. The Labute approximate surface area is 82.9 Å². The van der Waals surface area contributed by atoms with Gasteiger partial charge in [0.15, 0.2) is 11.6 Å². The lowest BCUT2D eigenvalue weighted by atomic mass is 10.3. The van der Waals surface area contributed by atoms with E-state index in [1.54, 1.807) is 6.92 Å². The van der Waals surface area contributed by atoms with Gasteiger partial charge in [0.25, 0.3) is 0 Å². The third-order valence-corrected chi connectivity index (χ3v) is 1.46. The van der Waals surface area contributed by atoms with Crippen LogP contribution in [0.2, 0.25) is 0 Å². The normalized spacial score (nSPS) is 12.7. The lowest BCUT2D eigenvalue weighted by Crippen LogP contribution is -2.03. The summed E-state index contributed by atoms with van der Waals surface area (Å²) in [5, 5.41) is 0. The smallest absolute Gasteiger partial charge is 0.200 e. The van der Waals surface area contributed by atoms with Gasteiger partial charge in [-0.15, -0.1) is 0 Å². The Kier molecular flexibility index (Phi) is 3.25. The van der Waals surface area contributed by atoms with Gasteiger partial charge in [0, 0.05) is 0 Å². The SMILES string of the molecule is CC(I)Oc1cccc(F)c1F. The molecule has 0 amide bonds. The van der Waals surface area contributed by atoms with Gasteiger partial charge in [-0.05, 0) is 41.6 Å². The molecule has 0 aliphatic heterocycles. The summed E-state index contributed by atoms with van der Waals surface area (Å²) in [4.78, 5) is 0. The van der Waals surface area contributed by atoms with Gasteiger partial charge in [0.1, 0.15) is 4.11 Å². The fourth-order valence-corrected chi connectivity index (χ4v) is 1.02. The van der Waals surface area contributed by atoms with E-state index in [-0.39, 0.29) is 9.86 Å². The van der Waals surface area contributed by atoms with Crippen molar-refractivity contribution in [3.8, 4) is 5.75 Å². The first-order valence-electron chi connectivity index (χ1n) is 3.36. The monoisotopic (exact) mass is 284 g/mol. The molecule has 1 aromatic carbocycles. The Hall–Kier alpha value is -0.390. The minimum Gasteiger partial charge on any atom is -0.477 e. The van der Waals surface area contributed by atoms with E-state index in [9.17, 15) is 8.78 Å². The van der Waals surface area contributed by atoms with E-state index in [1.165, 1.54) is 12.1 Å². The van der Waals surface area contributed by atoms with Crippen LogP contribution in [0.4, 0.5) is 8.78 Å². The van der Waals surface area contributed by atoms with Gasteiger partial charge in [0.05, 0.1) is 0 Å². The first kappa shape index (κ1) is 9.70. The van der Waals surface area contributed by atoms with E-state index in [2.05, 4.69) is 0 Å². The number of alkyl halides is 1. The second-order valence-electron chi connectivity index (χ2n) is 2.21. The number of rotatable bonds is 2. The second kappa shape index (κ2) is 4.02. The second-order valence-corrected chi connectivity index (χ2v) is 3.97. The molecule has 0 aliphatic rings. The van der Waals surface area contributed by atoms with Gasteiger partial charge in [-0.2, -0.15) is 4.39 Å². The number of hydrogen-bond donors (Lipinski definition) is 0. The van der Waals surface area contributed by atoms with Crippen molar-refractivity contribution in [2.24, 2.45) is 0 Å². The maximum Gasteiger partial charge on any atom is 0.200 e. The van der Waals surface area contributed by atoms with Gasteiger partial charge in [-0.3, -0.25) is 0 Å². The van der Waals surface area contributed by atoms with Gasteiger partial charge in [-0.25, -0.2) is 4.39 Å². The van der Waals surface area contributed by atoms with Crippen LogP contribution >= 0.6 is 22.6 Å². The molecule has 1 rings (SSSR count). The van der Waals surface area contributed by atoms with Crippen LogP contribution in [0.1, 0.15) is 6.92 Å². The fraction of sp³-hybridized carbons (Fsp3) is 0.250. The number of benzene rings is 1. The number of ether oxygens (including phenoxy) is 1. The third kappa shape index (κ3) is 2.30. The highest BCUT2D eigenvalue weighted by Crippen LogP contribution is 2.21. The van der Waals surface area contributed by atoms with E-state index >= 15 is 0 Å². The standard InChI is InChI=1S/C8H7F2IO/c1-5(11)12-7-4-2-3-6(9)8(7)10/h2-5H,1H3. The largest absolute Gasteiger partial charge is 0.477 e. The molecule has 0 N–H and O–H groups in total. The maximum absolute atomic E-state index is 12.9. The van der Waals surface area contributed by atoms with Crippen molar-refractivity contribution in [3.63, 3.8) is 0 Å². The van der Waals surface area contributed by atoms with Gasteiger partial charge in [-0.1, -0.05) is 6.07 Å². The highest BCUT2D eigenvalue weighted by atomic mass is 127. The van der Waals surface area contributed by atoms with Crippen LogP contribution in [0.15, 0.2) is 18.2 Å². The van der Waals surface area contributed by atoms with Gasteiger partial charge >= 0.3 is 0 Å². The molecular formula is C8H7F2IO. The van der Waals surface area contributed by atoms with Gasteiger partial charge < -0.3 is 4.74 Å². The maximum atomic E-state index is 12.9. The first-order valence-corrected chi connectivity index (χ1v) is 4.60. The molecule has 1 atom stereocenters. The quantitative estimate of drug-likeness (QED) is 0.599. The number of halogens is 3. The van der Waals surface area contributed by atoms with E-state index in [1.807, 2.05) is 22.6 Å². The van der Waals surface area contributed by atoms with Crippen molar-refractivity contribution in [2.75, 3.05) is 0 Å². The average molecular weight is 284 g/mol. The lowest BCUT2D eigenvalue weighted by molar-refractivity contribution is 0.299. The van der Waals surface area contributed by atoms with Crippen LogP contribution in [0.5, 0.6) is 5.75 Å². The Morgan fingerprint density at radius 2 is 2.08 bits per heavy atom. The molecular weight excluding hydrogens is 277 g/mol. The molecule has 0 heterocycles. The van der Waals surface area contributed by atoms with Gasteiger partial charge in [0.2, 0.25) is 5.82 Å². The van der Waals surface area contributed by atoms with Crippen molar-refractivity contribution >= 4 is 22.6 Å². The molecule has 0 fully saturated rings. The average Bonchev–Trinajstić information content (AvgIpc) is 1.98. The molecule has 0 aromatic heterocycles. The number of hydrogen-bond acceptors (Lipinski definition) is 1. The van der Waals surface area contributed by atoms with Crippen molar-refractivity contribution in [2.45, 2.75) is 11.0 Å². The Morgan fingerprint density at radius 1 is 1.42 bits per heavy atom. The zero-order valence-electron chi connectivity index (χ0n) is 6.35. The molecule has 1 unspecified atom stereocenters. The van der Waals surface area contributed by atoms with E-state index in [0.717, 1.165) is 6.07 Å². The van der Waals surface area contributed by atoms with Crippen LogP contribution < -0.4 is 4.74 Å². The minimum absolute atomic E-state index is 0.0445. The van der Waals surface area contributed by atoms with E-state index in [0.29, 0.717) is 0 Å². The summed E-state index contributed by atoms with van der Waals surface area (Å²) >= 11 is 1.96. The van der Waals surface area contributed by atoms with E-state index in [4.69, 9.17) is 4.74 Å². The third-order valence-electron chi connectivity index (χ3n) is 1.21. The van der Waals surface area contributed by atoms with Crippen molar-refractivity contribution < 1.29 is 13.5 Å². The summed E-state index contributed by atoms with van der Waals surface area (Å²) in [6.07, 6.45) is 0. The molecule has 0 radical (unpaired) electrons. The highest BCUT2D eigenvalue weighted by Gasteiger charge is 2.09. The van der Waals surface area contributed by atoms with E-state index < -0.39 is 11.6 Å². The first-order chi connectivity index (χ1) is 5.61. The summed E-state index contributed by atoms with van der Waals surface area (Å²) in [5.41, 5.74) is 0. The molecule has 66 valence electrons. The molecule has 0 spiro atoms. The molecule has 0 bridgehead atoms. The Balaban J connectivity index is 2.92. The summed E-state index contributed by atoms with van der Waals surface area (Å²) < 4.78 is 30.2. The van der Waals surface area contributed by atoms with Crippen LogP contribution in [-0.4, -0.2) is 4.11 Å². The predicted molar refractivity (Wildman–Crippen MR) is 50.5 cm³/mol. The lowest BCUT2D eigenvalue weighted by Gasteiger charge is -2.08. The molecule has 0 aliphatic carbocycles. The fourth-order valence-electron chi connectivity index (χ4n) is 0.750. The van der Waals surface area contributed by atoms with Crippen LogP contribution in [-0.2, 0) is 0 Å². The minimum atomic E-state index is -0.930. The zero-order valence-corrected chi connectivity index (χ0v) is 8.51. The molecule has 1 aromatic rings. The van der Waals surface area contributed by atoms with Crippen LogP contribution in [0, 0.1) is 11.6 Å². The van der Waals surface area contributed by atoms with Crippen molar-refractivity contribution in [1.82, 2.24) is 0 Å². The van der Waals surface area contributed by atoms with Crippen molar-refractivity contribution in [1.29, 1.82) is 0 Å². The topological polar surface area (TPSA) is 9.23 Å². The van der Waals surface area contributed by atoms with Crippen molar-refractivity contribution in [3.05, 3.63) is 29.8 Å². The predicted octanol–water partition coefficient (Wildman–Crippen LogP) is 3.12. The highest BCUT2D eigenvalue weighted by molar-refractivity contribution is 14.1. The summed E-state index contributed by atoms with van der Waals surface area (Å²) in [6.45, 7) is 1.74. The molecule has 4 heteroatoms. The van der Waals surface area contributed by atoms with Crippen LogP contribution in [0.3, 0.4) is 0 Å². The molecule has 12 heavy (non-hydrogen) atoms. The summed E-state index contributed by atoms with van der Waals surface area (Å²) in [6, 6.07) is 3.86. The molecule has 0 saturated heterocycles. The zero-order chi connectivity index (χ0) is 9.14.